The summed E-state index contributed by atoms with van der Waals surface area (Å²) in [5.41, 5.74) is 3.20. The Bertz CT molecular complexity index is 644. The molecule has 0 radical (unpaired) electrons. The summed E-state index contributed by atoms with van der Waals surface area (Å²) in [6.45, 7) is 5.38. The van der Waals surface area contributed by atoms with Gasteiger partial charge in [0.05, 0.1) is 0 Å². The van der Waals surface area contributed by atoms with Crippen molar-refractivity contribution in [2.75, 3.05) is 31.1 Å². The molecule has 1 fully saturated rings. The van der Waals surface area contributed by atoms with Gasteiger partial charge in [-0.25, -0.2) is 0 Å². The predicted molar refractivity (Wildman–Crippen MR) is 87.8 cm³/mol. The Labute approximate surface area is 132 Å². The van der Waals surface area contributed by atoms with Crippen LogP contribution in [0.3, 0.4) is 0 Å². The van der Waals surface area contributed by atoms with E-state index in [-0.39, 0.29) is 5.91 Å². The molecule has 1 aromatic carbocycles. The number of hydrogen-bond donors (Lipinski definition) is 1. The number of nitrogens with zero attached hydrogens (tertiary/aromatic N) is 2. The summed E-state index contributed by atoms with van der Waals surface area (Å²) in [6.07, 6.45) is 1.79. The van der Waals surface area contributed by atoms with Crippen molar-refractivity contribution >= 4 is 27.5 Å². The number of aryl methyl sites for hydroxylation is 1. The van der Waals surface area contributed by atoms with Crippen LogP contribution in [0.15, 0.2) is 41.0 Å². The highest BCUT2D eigenvalue weighted by molar-refractivity contribution is 9.10. The normalized spacial score (nSPS) is 15.3. The fourth-order valence-corrected chi connectivity index (χ4v) is 3.07. The van der Waals surface area contributed by atoms with Crippen molar-refractivity contribution in [3.8, 4) is 0 Å². The van der Waals surface area contributed by atoms with Crippen molar-refractivity contribution in [3.05, 3.63) is 52.3 Å². The third-order valence-corrected chi connectivity index (χ3v) is 4.36. The highest BCUT2D eigenvalue weighted by Gasteiger charge is 2.23. The summed E-state index contributed by atoms with van der Waals surface area (Å²) in [5.74, 6) is 0.0742. The molecule has 3 rings (SSSR count). The maximum Gasteiger partial charge on any atom is 0.270 e. The Morgan fingerprint density at radius 1 is 1.19 bits per heavy atom. The van der Waals surface area contributed by atoms with Crippen LogP contribution in [0.2, 0.25) is 0 Å². The van der Waals surface area contributed by atoms with Gasteiger partial charge in [-0.15, -0.1) is 0 Å². The molecule has 21 heavy (non-hydrogen) atoms. The van der Waals surface area contributed by atoms with Gasteiger partial charge in [0, 0.05) is 42.5 Å². The van der Waals surface area contributed by atoms with E-state index in [1.165, 1.54) is 11.3 Å². The number of aromatic amines is 1. The fraction of sp³-hybridized carbons (Fsp3) is 0.312. The predicted octanol–water partition coefficient (Wildman–Crippen LogP) is 3.05. The molecule has 5 heteroatoms. The maximum atomic E-state index is 12.4. The first kappa shape index (κ1) is 14.2. The first-order chi connectivity index (χ1) is 10.1. The number of hydrogen-bond acceptors (Lipinski definition) is 2. The number of benzene rings is 1. The molecule has 1 aliphatic heterocycles. The van der Waals surface area contributed by atoms with Crippen molar-refractivity contribution in [1.82, 2.24) is 9.88 Å². The quantitative estimate of drug-likeness (QED) is 0.906. The molecule has 0 aliphatic carbocycles. The summed E-state index contributed by atoms with van der Waals surface area (Å²) < 4.78 is 0.907. The summed E-state index contributed by atoms with van der Waals surface area (Å²) in [7, 11) is 0. The third kappa shape index (κ3) is 2.97. The minimum atomic E-state index is 0.0742. The topological polar surface area (TPSA) is 39.3 Å². The second-order valence-electron chi connectivity index (χ2n) is 5.30. The third-order valence-electron chi connectivity index (χ3n) is 3.90. The summed E-state index contributed by atoms with van der Waals surface area (Å²) in [6, 6.07) is 10.2. The number of carbonyl (C=O) groups excluding carboxylic acids is 1. The SMILES string of the molecule is Cc1ccccc1N1CCN(C(=O)c2cc(Br)c[nH]2)CC1. The average Bonchev–Trinajstić information content (AvgIpc) is 2.94. The van der Waals surface area contributed by atoms with E-state index in [9.17, 15) is 4.79 Å². The zero-order valence-corrected chi connectivity index (χ0v) is 13.6. The van der Waals surface area contributed by atoms with Crippen molar-refractivity contribution < 1.29 is 4.79 Å². The van der Waals surface area contributed by atoms with E-state index in [2.05, 4.69) is 57.0 Å². The van der Waals surface area contributed by atoms with Crippen molar-refractivity contribution in [2.45, 2.75) is 6.92 Å². The van der Waals surface area contributed by atoms with Gasteiger partial charge in [0.1, 0.15) is 5.69 Å². The first-order valence-corrected chi connectivity index (χ1v) is 7.88. The molecule has 4 nitrogen and oxygen atoms in total. The lowest BCUT2D eigenvalue weighted by Gasteiger charge is -2.36. The molecule has 110 valence electrons. The van der Waals surface area contributed by atoms with Gasteiger partial charge >= 0.3 is 0 Å². The molecular weight excluding hydrogens is 330 g/mol. The second-order valence-corrected chi connectivity index (χ2v) is 6.21. The van der Waals surface area contributed by atoms with Crippen molar-refractivity contribution in [1.29, 1.82) is 0 Å². The minimum Gasteiger partial charge on any atom is -0.368 e. The molecule has 0 bridgehead atoms. The van der Waals surface area contributed by atoms with Gasteiger partial charge in [0.25, 0.3) is 5.91 Å². The molecular formula is C16H18BrN3O. The molecule has 0 unspecified atom stereocenters. The Morgan fingerprint density at radius 2 is 1.90 bits per heavy atom. The van der Waals surface area contributed by atoms with E-state index in [1.807, 2.05) is 11.0 Å². The molecule has 1 saturated heterocycles. The Hall–Kier alpha value is -1.75. The van der Waals surface area contributed by atoms with Crippen LogP contribution in [-0.4, -0.2) is 42.0 Å². The zero-order chi connectivity index (χ0) is 14.8. The van der Waals surface area contributed by atoms with Crippen LogP contribution in [0.1, 0.15) is 16.1 Å². The number of nitrogens with one attached hydrogen (secondary N) is 1. The lowest BCUT2D eigenvalue weighted by molar-refractivity contribution is 0.0741. The van der Waals surface area contributed by atoms with E-state index >= 15 is 0 Å². The number of anilines is 1. The number of aromatic nitrogens is 1. The van der Waals surface area contributed by atoms with Gasteiger partial charge in [-0.2, -0.15) is 0 Å². The van der Waals surface area contributed by atoms with Crippen LogP contribution in [0.5, 0.6) is 0 Å². The molecule has 1 amide bonds. The number of carbonyl (C=O) groups is 1. The summed E-state index contributed by atoms with van der Waals surface area (Å²) in [5, 5.41) is 0. The fourth-order valence-electron chi connectivity index (χ4n) is 2.73. The van der Waals surface area contributed by atoms with E-state index in [0.717, 1.165) is 30.7 Å². The molecule has 0 atom stereocenters. The lowest BCUT2D eigenvalue weighted by Crippen LogP contribution is -2.49. The standard InChI is InChI=1S/C16H18BrN3O/c1-12-4-2-3-5-15(12)19-6-8-20(9-7-19)16(21)14-10-13(17)11-18-14/h2-5,10-11,18H,6-9H2,1H3. The second kappa shape index (κ2) is 5.93. The van der Waals surface area contributed by atoms with Gasteiger partial charge in [0.15, 0.2) is 0 Å². The lowest BCUT2D eigenvalue weighted by atomic mass is 10.1. The highest BCUT2D eigenvalue weighted by Crippen LogP contribution is 2.21. The monoisotopic (exact) mass is 347 g/mol. The molecule has 0 spiro atoms. The van der Waals surface area contributed by atoms with Crippen molar-refractivity contribution in [2.24, 2.45) is 0 Å². The van der Waals surface area contributed by atoms with E-state index in [1.54, 1.807) is 6.20 Å². The molecule has 2 aromatic rings. The molecule has 1 aromatic heterocycles. The molecule has 1 aliphatic rings. The average molecular weight is 348 g/mol. The Morgan fingerprint density at radius 3 is 2.52 bits per heavy atom. The van der Waals surface area contributed by atoms with Gasteiger partial charge in [-0.3, -0.25) is 4.79 Å². The summed E-state index contributed by atoms with van der Waals surface area (Å²) in [4.78, 5) is 19.6. The largest absolute Gasteiger partial charge is 0.368 e. The van der Waals surface area contributed by atoms with E-state index in [4.69, 9.17) is 0 Å². The smallest absolute Gasteiger partial charge is 0.270 e. The van der Waals surface area contributed by atoms with Crippen LogP contribution >= 0.6 is 15.9 Å². The first-order valence-electron chi connectivity index (χ1n) is 7.09. The maximum absolute atomic E-state index is 12.4. The summed E-state index contributed by atoms with van der Waals surface area (Å²) >= 11 is 3.36. The molecule has 1 N–H and O–H groups in total. The van der Waals surface area contributed by atoms with Crippen LogP contribution in [0.4, 0.5) is 5.69 Å². The minimum absolute atomic E-state index is 0.0742. The van der Waals surface area contributed by atoms with Crippen LogP contribution in [0, 0.1) is 6.92 Å². The van der Waals surface area contributed by atoms with Gasteiger partial charge < -0.3 is 14.8 Å². The molecule has 0 saturated carbocycles. The van der Waals surface area contributed by atoms with Crippen LogP contribution in [0.25, 0.3) is 0 Å². The number of para-hydroxylation sites is 1. The zero-order valence-electron chi connectivity index (χ0n) is 12.0. The Balaban J connectivity index is 1.65. The number of piperazine rings is 1. The van der Waals surface area contributed by atoms with Crippen LogP contribution in [-0.2, 0) is 0 Å². The number of halogens is 1. The molecule has 2 heterocycles. The van der Waals surface area contributed by atoms with E-state index in [0.29, 0.717) is 5.69 Å². The van der Waals surface area contributed by atoms with Crippen LogP contribution < -0.4 is 4.90 Å². The van der Waals surface area contributed by atoms with E-state index < -0.39 is 0 Å². The Kier molecular flexibility index (Phi) is 4.01. The number of H-pyrrole nitrogens is 1. The van der Waals surface area contributed by atoms with Gasteiger partial charge in [0.2, 0.25) is 0 Å². The van der Waals surface area contributed by atoms with Gasteiger partial charge in [-0.05, 0) is 40.5 Å². The number of rotatable bonds is 2. The van der Waals surface area contributed by atoms with Gasteiger partial charge in [-0.1, -0.05) is 18.2 Å². The highest BCUT2D eigenvalue weighted by atomic mass is 79.9. The van der Waals surface area contributed by atoms with Crippen molar-refractivity contribution in [3.63, 3.8) is 0 Å². The number of amides is 1.